The van der Waals surface area contributed by atoms with Crippen molar-refractivity contribution in [3.63, 3.8) is 0 Å². The van der Waals surface area contributed by atoms with Gasteiger partial charge in [-0.1, -0.05) is 23.5 Å². The molecule has 0 fully saturated rings. The van der Waals surface area contributed by atoms with E-state index in [4.69, 9.17) is 0 Å². The van der Waals surface area contributed by atoms with Gasteiger partial charge >= 0.3 is 0 Å². The zero-order chi connectivity index (χ0) is 13.5. The molecule has 0 aliphatic heterocycles. The van der Waals surface area contributed by atoms with Gasteiger partial charge in [-0.25, -0.2) is 0 Å². The van der Waals surface area contributed by atoms with Gasteiger partial charge in [-0.3, -0.25) is 14.9 Å². The maximum absolute atomic E-state index is 11.5. The Labute approximate surface area is 115 Å². The topological polar surface area (TPSA) is 129 Å². The number of carbonyl (C=O) groups excluding carboxylic acids is 2. The van der Waals surface area contributed by atoms with Crippen LogP contribution in [0.25, 0.3) is 0 Å². The normalized spacial score (nSPS) is 10.3. The van der Waals surface area contributed by atoms with E-state index >= 15 is 0 Å². The molecular weight excluding hydrogens is 290 g/mol. The van der Waals surface area contributed by atoms with Crippen molar-refractivity contribution in [1.29, 1.82) is 0 Å². The van der Waals surface area contributed by atoms with Crippen molar-refractivity contribution in [3.8, 4) is 0 Å². The lowest BCUT2D eigenvalue weighted by atomic mass is 10.6. The first-order chi connectivity index (χ1) is 9.24. The van der Waals surface area contributed by atoms with Gasteiger partial charge in [0, 0.05) is 0 Å². The first-order valence-corrected chi connectivity index (χ1v) is 7.01. The molecule has 0 bridgehead atoms. The van der Waals surface area contributed by atoms with Crippen molar-refractivity contribution in [2.24, 2.45) is 0 Å². The maximum atomic E-state index is 11.5. The van der Waals surface area contributed by atoms with Crippen LogP contribution in [-0.2, 0) is 9.59 Å². The maximum Gasteiger partial charge on any atom is 0.236 e. The Kier molecular flexibility index (Phi) is 4.92. The fourth-order valence-corrected chi connectivity index (χ4v) is 2.20. The summed E-state index contributed by atoms with van der Waals surface area (Å²) in [6, 6.07) is 0. The highest BCUT2D eigenvalue weighted by atomic mass is 32.2. The molecule has 0 atom stereocenters. The minimum absolute atomic E-state index is 0.104. The predicted octanol–water partition coefficient (Wildman–Crippen LogP) is -0.550. The van der Waals surface area contributed by atoms with E-state index in [1.807, 2.05) is 0 Å². The average molecular weight is 299 g/mol. The number of H-pyrrole nitrogens is 2. The number of hydrogen-bond donors (Lipinski definition) is 3. The van der Waals surface area contributed by atoms with Crippen LogP contribution in [0.3, 0.4) is 0 Å². The zero-order valence-electron chi connectivity index (χ0n) is 9.49. The van der Waals surface area contributed by atoms with E-state index in [1.165, 1.54) is 35.9 Å². The summed E-state index contributed by atoms with van der Waals surface area (Å²) in [5.41, 5.74) is 0. The molecule has 0 aliphatic carbocycles. The van der Waals surface area contributed by atoms with Crippen molar-refractivity contribution in [2.45, 2.75) is 10.1 Å². The summed E-state index contributed by atoms with van der Waals surface area (Å²) in [4.78, 5) is 22.9. The van der Waals surface area contributed by atoms with Gasteiger partial charge in [0.2, 0.25) is 11.8 Å². The number of hydrogen-bond acceptors (Lipinski definition) is 8. The Morgan fingerprint density at radius 2 is 1.47 bits per heavy atom. The van der Waals surface area contributed by atoms with Crippen LogP contribution in [0.2, 0.25) is 0 Å². The number of rotatable bonds is 6. The predicted molar refractivity (Wildman–Crippen MR) is 67.4 cm³/mol. The largest absolute Gasteiger partial charge is 0.295 e. The van der Waals surface area contributed by atoms with Crippen LogP contribution in [0.15, 0.2) is 22.4 Å². The molecule has 3 N–H and O–H groups in total. The summed E-state index contributed by atoms with van der Waals surface area (Å²) in [6.07, 6.45) is 3.00. The van der Waals surface area contributed by atoms with Gasteiger partial charge in [0.25, 0.3) is 0 Å². The second-order valence-corrected chi connectivity index (χ2v) is 5.16. The molecule has 19 heavy (non-hydrogen) atoms. The van der Waals surface area contributed by atoms with Crippen molar-refractivity contribution >= 4 is 35.3 Å². The van der Waals surface area contributed by atoms with Crippen LogP contribution in [0, 0.1) is 0 Å². The summed E-state index contributed by atoms with van der Waals surface area (Å²) < 4.78 is 0. The number of imide groups is 1. The van der Waals surface area contributed by atoms with Gasteiger partial charge in [-0.15, -0.1) is 10.2 Å². The van der Waals surface area contributed by atoms with Gasteiger partial charge in [-0.2, -0.15) is 20.6 Å². The van der Waals surface area contributed by atoms with E-state index in [0.717, 1.165) is 0 Å². The van der Waals surface area contributed by atoms with Gasteiger partial charge in [0.05, 0.1) is 23.9 Å². The molecule has 0 unspecified atom stereocenters. The van der Waals surface area contributed by atoms with Gasteiger partial charge in [0.15, 0.2) is 0 Å². The Hall–Kier alpha value is -1.88. The van der Waals surface area contributed by atoms with Crippen molar-refractivity contribution in [3.05, 3.63) is 12.4 Å². The lowest BCUT2D eigenvalue weighted by Crippen LogP contribution is -2.33. The third-order valence-corrected chi connectivity index (χ3v) is 3.56. The van der Waals surface area contributed by atoms with Crippen molar-refractivity contribution < 1.29 is 9.59 Å². The van der Waals surface area contributed by atoms with Crippen molar-refractivity contribution in [2.75, 3.05) is 11.5 Å². The van der Waals surface area contributed by atoms with E-state index in [2.05, 4.69) is 36.1 Å². The molecule has 2 amide bonds. The highest BCUT2D eigenvalue weighted by molar-refractivity contribution is 8.00. The van der Waals surface area contributed by atoms with Crippen molar-refractivity contribution in [1.82, 2.24) is 36.1 Å². The molecular formula is C8H9N7O2S2. The number of nitrogens with zero attached hydrogens (tertiary/aromatic N) is 4. The van der Waals surface area contributed by atoms with Crippen LogP contribution in [0.1, 0.15) is 0 Å². The zero-order valence-corrected chi connectivity index (χ0v) is 11.1. The summed E-state index contributed by atoms with van der Waals surface area (Å²) >= 11 is 2.38. The van der Waals surface area contributed by atoms with Crippen LogP contribution in [0.4, 0.5) is 0 Å². The summed E-state index contributed by atoms with van der Waals surface area (Å²) in [7, 11) is 0. The highest BCUT2D eigenvalue weighted by Crippen LogP contribution is 2.13. The molecule has 0 aromatic carbocycles. The van der Waals surface area contributed by atoms with E-state index in [9.17, 15) is 9.59 Å². The molecule has 11 heteroatoms. The van der Waals surface area contributed by atoms with E-state index in [1.54, 1.807) is 0 Å². The Morgan fingerprint density at radius 3 is 1.84 bits per heavy atom. The molecule has 9 nitrogen and oxygen atoms in total. The minimum atomic E-state index is -0.376. The SMILES string of the molecule is O=C(CSc1cn[nH]n1)NC(=O)CSc1cn[nH]n1. The first kappa shape index (κ1) is 13.5. The lowest BCUT2D eigenvalue weighted by molar-refractivity contribution is -0.127. The monoisotopic (exact) mass is 299 g/mol. The molecule has 0 aliphatic rings. The quantitative estimate of drug-likeness (QED) is 0.606. The van der Waals surface area contributed by atoms with E-state index in [0.29, 0.717) is 10.1 Å². The second kappa shape index (κ2) is 6.89. The number of amides is 2. The summed E-state index contributed by atoms with van der Waals surface area (Å²) in [5, 5.41) is 23.1. The lowest BCUT2D eigenvalue weighted by Gasteiger charge is -2.01. The summed E-state index contributed by atoms with van der Waals surface area (Å²) in [6.45, 7) is 0. The Morgan fingerprint density at radius 1 is 1.00 bits per heavy atom. The molecule has 100 valence electrons. The molecule has 2 rings (SSSR count). The molecule has 2 aromatic heterocycles. The van der Waals surface area contributed by atoms with Crippen LogP contribution >= 0.6 is 23.5 Å². The third kappa shape index (κ3) is 4.71. The molecule has 2 heterocycles. The smallest absolute Gasteiger partial charge is 0.236 e. The number of aromatic amines is 2. The highest BCUT2D eigenvalue weighted by Gasteiger charge is 2.10. The van der Waals surface area contributed by atoms with Gasteiger partial charge in [0.1, 0.15) is 10.1 Å². The standard InChI is InChI=1S/C8H9N7O2S2/c16-5(3-18-7-1-9-14-12-7)11-6(17)4-19-8-2-10-15-13-8/h1-2H,3-4H2,(H,9,12,14)(H,10,13,15)(H,11,16,17). The average Bonchev–Trinajstić information content (AvgIpc) is 3.07. The number of carbonyl (C=O) groups is 2. The Balaban J connectivity index is 1.65. The number of thioether (sulfide) groups is 2. The minimum Gasteiger partial charge on any atom is -0.295 e. The number of nitrogens with one attached hydrogen (secondary N) is 3. The fourth-order valence-electron chi connectivity index (χ4n) is 1.03. The molecule has 0 saturated heterocycles. The molecule has 0 spiro atoms. The number of aromatic nitrogens is 6. The Bertz CT molecular complexity index is 479. The fraction of sp³-hybridized carbons (Fsp3) is 0.250. The van der Waals surface area contributed by atoms with Crippen LogP contribution in [0.5, 0.6) is 0 Å². The first-order valence-electron chi connectivity index (χ1n) is 5.04. The summed E-state index contributed by atoms with van der Waals surface area (Å²) in [5.74, 6) is -0.544. The molecule has 0 radical (unpaired) electrons. The van der Waals surface area contributed by atoms with Gasteiger partial charge in [-0.05, 0) is 0 Å². The molecule has 0 saturated carbocycles. The van der Waals surface area contributed by atoms with Crippen LogP contribution in [-0.4, -0.2) is 54.1 Å². The third-order valence-electron chi connectivity index (χ3n) is 1.77. The molecule has 2 aromatic rings. The second-order valence-electron chi connectivity index (χ2n) is 3.17. The van der Waals surface area contributed by atoms with Gasteiger partial charge < -0.3 is 0 Å². The van der Waals surface area contributed by atoms with E-state index in [-0.39, 0.29) is 23.3 Å². The van der Waals surface area contributed by atoms with Crippen LogP contribution < -0.4 is 5.32 Å². The van der Waals surface area contributed by atoms with E-state index < -0.39 is 0 Å².